The molecule has 1 aromatic rings. The second-order valence-electron chi connectivity index (χ2n) is 3.30. The van der Waals surface area contributed by atoms with E-state index in [-0.39, 0.29) is 5.54 Å². The van der Waals surface area contributed by atoms with E-state index in [0.29, 0.717) is 0 Å². The van der Waals surface area contributed by atoms with Crippen molar-refractivity contribution in [3.8, 4) is 0 Å². The van der Waals surface area contributed by atoms with Gasteiger partial charge >= 0.3 is 0 Å². The maximum Gasteiger partial charge on any atom is 0.200 e. The second kappa shape index (κ2) is 2.95. The number of hydrogen-bond acceptors (Lipinski definition) is 2. The molecule has 62 valence electrons. The van der Waals surface area contributed by atoms with Gasteiger partial charge in [-0.2, -0.15) is 0 Å². The van der Waals surface area contributed by atoms with E-state index in [2.05, 4.69) is 36.1 Å². The molecule has 1 heterocycles. The summed E-state index contributed by atoms with van der Waals surface area (Å²) in [6.45, 7) is 6.45. The van der Waals surface area contributed by atoms with E-state index in [4.69, 9.17) is 0 Å². The average molecular weight is 153 g/mol. The number of anilines is 1. The van der Waals surface area contributed by atoms with Crippen LogP contribution in [0.15, 0.2) is 12.4 Å². The summed E-state index contributed by atoms with van der Waals surface area (Å²) in [5.74, 6) is 0.844. The largest absolute Gasteiger partial charge is 0.351 e. The zero-order chi connectivity index (χ0) is 8.32. The maximum absolute atomic E-state index is 4.08. The summed E-state index contributed by atoms with van der Waals surface area (Å²) in [4.78, 5) is 7.09. The third-order valence-corrected chi connectivity index (χ3v) is 1.84. The third-order valence-electron chi connectivity index (χ3n) is 1.84. The molecule has 0 amide bonds. The fraction of sp³-hybridized carbons (Fsp3) is 0.625. The van der Waals surface area contributed by atoms with Gasteiger partial charge in [-0.1, -0.05) is 6.92 Å². The first kappa shape index (κ1) is 8.11. The lowest BCUT2D eigenvalue weighted by Gasteiger charge is -2.23. The quantitative estimate of drug-likeness (QED) is 0.697. The molecule has 0 aliphatic heterocycles. The van der Waals surface area contributed by atoms with Crippen LogP contribution in [0.3, 0.4) is 0 Å². The van der Waals surface area contributed by atoms with Gasteiger partial charge in [-0.3, -0.25) is 0 Å². The predicted molar refractivity (Wildman–Crippen MR) is 46.6 cm³/mol. The van der Waals surface area contributed by atoms with Gasteiger partial charge in [0.2, 0.25) is 0 Å². The molecule has 0 unspecified atom stereocenters. The minimum absolute atomic E-state index is 0.123. The summed E-state index contributed by atoms with van der Waals surface area (Å²) in [7, 11) is 0. The molecule has 1 aromatic heterocycles. The zero-order valence-electron chi connectivity index (χ0n) is 7.31. The van der Waals surface area contributed by atoms with E-state index in [1.54, 1.807) is 6.20 Å². The van der Waals surface area contributed by atoms with Gasteiger partial charge in [-0.15, -0.1) is 0 Å². The van der Waals surface area contributed by atoms with Gasteiger partial charge in [0.1, 0.15) is 0 Å². The Morgan fingerprint density at radius 2 is 2.36 bits per heavy atom. The van der Waals surface area contributed by atoms with E-state index in [0.717, 1.165) is 12.4 Å². The standard InChI is InChI=1S/C8H15N3/c1-4-8(2,3)11-7-9-5-6-10-7/h5-6H,4H2,1-3H3,(H2,9,10,11). The van der Waals surface area contributed by atoms with Gasteiger partial charge in [-0.25, -0.2) is 4.98 Å². The molecule has 0 spiro atoms. The number of nitrogens with zero attached hydrogens (tertiary/aromatic N) is 1. The lowest BCUT2D eigenvalue weighted by molar-refractivity contribution is 0.543. The Morgan fingerprint density at radius 3 is 2.82 bits per heavy atom. The summed E-state index contributed by atoms with van der Waals surface area (Å²) in [5.41, 5.74) is 0.123. The molecular formula is C8H15N3. The van der Waals surface area contributed by atoms with Crippen molar-refractivity contribution in [3.63, 3.8) is 0 Å². The van der Waals surface area contributed by atoms with Crippen molar-refractivity contribution in [1.82, 2.24) is 9.97 Å². The van der Waals surface area contributed by atoms with E-state index >= 15 is 0 Å². The van der Waals surface area contributed by atoms with Crippen LogP contribution in [0.5, 0.6) is 0 Å². The summed E-state index contributed by atoms with van der Waals surface area (Å²) >= 11 is 0. The number of imidazole rings is 1. The van der Waals surface area contributed by atoms with Crippen LogP contribution in [0.25, 0.3) is 0 Å². The molecule has 0 aliphatic carbocycles. The van der Waals surface area contributed by atoms with Gasteiger partial charge in [0, 0.05) is 17.9 Å². The van der Waals surface area contributed by atoms with Crippen molar-refractivity contribution >= 4 is 5.95 Å². The molecule has 0 radical (unpaired) electrons. The molecule has 0 saturated heterocycles. The van der Waals surface area contributed by atoms with Crippen molar-refractivity contribution in [3.05, 3.63) is 12.4 Å². The molecule has 0 saturated carbocycles. The number of rotatable bonds is 3. The smallest absolute Gasteiger partial charge is 0.200 e. The maximum atomic E-state index is 4.08. The molecule has 0 aromatic carbocycles. The van der Waals surface area contributed by atoms with Gasteiger partial charge in [0.05, 0.1) is 0 Å². The Morgan fingerprint density at radius 1 is 1.64 bits per heavy atom. The number of hydrogen-bond donors (Lipinski definition) is 2. The SMILES string of the molecule is CCC(C)(C)Nc1ncc[nH]1. The number of nitrogens with one attached hydrogen (secondary N) is 2. The lowest BCUT2D eigenvalue weighted by Crippen LogP contribution is -2.30. The van der Waals surface area contributed by atoms with E-state index in [1.807, 2.05) is 6.20 Å². The molecule has 11 heavy (non-hydrogen) atoms. The number of aromatic amines is 1. The molecular weight excluding hydrogens is 138 g/mol. The second-order valence-corrected chi connectivity index (χ2v) is 3.30. The van der Waals surface area contributed by atoms with Crippen molar-refractivity contribution in [2.24, 2.45) is 0 Å². The third kappa shape index (κ3) is 2.26. The number of aromatic nitrogens is 2. The Labute approximate surface area is 67.2 Å². The summed E-state index contributed by atoms with van der Waals surface area (Å²) in [5, 5.41) is 3.28. The Hall–Kier alpha value is -0.990. The lowest BCUT2D eigenvalue weighted by atomic mass is 10.0. The van der Waals surface area contributed by atoms with Crippen LogP contribution in [0.2, 0.25) is 0 Å². The Bertz CT molecular complexity index is 201. The Kier molecular flexibility index (Phi) is 2.17. The van der Waals surface area contributed by atoms with Crippen LogP contribution < -0.4 is 5.32 Å². The monoisotopic (exact) mass is 153 g/mol. The molecule has 2 N–H and O–H groups in total. The summed E-state index contributed by atoms with van der Waals surface area (Å²) in [6.07, 6.45) is 4.63. The van der Waals surface area contributed by atoms with E-state index in [1.165, 1.54) is 0 Å². The van der Waals surface area contributed by atoms with Gasteiger partial charge in [0.25, 0.3) is 0 Å². The summed E-state index contributed by atoms with van der Waals surface area (Å²) in [6, 6.07) is 0. The topological polar surface area (TPSA) is 40.7 Å². The van der Waals surface area contributed by atoms with Gasteiger partial charge in [-0.05, 0) is 20.3 Å². The average Bonchev–Trinajstić information content (AvgIpc) is 2.39. The molecule has 1 rings (SSSR count). The fourth-order valence-corrected chi connectivity index (χ4v) is 0.743. The molecule has 0 aliphatic rings. The van der Waals surface area contributed by atoms with E-state index < -0.39 is 0 Å². The van der Waals surface area contributed by atoms with Crippen molar-refractivity contribution in [2.45, 2.75) is 32.7 Å². The van der Waals surface area contributed by atoms with Crippen molar-refractivity contribution in [2.75, 3.05) is 5.32 Å². The van der Waals surface area contributed by atoms with Gasteiger partial charge in [0.15, 0.2) is 5.95 Å². The highest BCUT2D eigenvalue weighted by molar-refractivity contribution is 5.26. The van der Waals surface area contributed by atoms with Crippen LogP contribution in [0.4, 0.5) is 5.95 Å². The predicted octanol–water partition coefficient (Wildman–Crippen LogP) is 2.01. The minimum atomic E-state index is 0.123. The van der Waals surface area contributed by atoms with Crippen molar-refractivity contribution in [1.29, 1.82) is 0 Å². The van der Waals surface area contributed by atoms with Crippen molar-refractivity contribution < 1.29 is 0 Å². The van der Waals surface area contributed by atoms with Crippen LogP contribution in [0.1, 0.15) is 27.2 Å². The van der Waals surface area contributed by atoms with Crippen LogP contribution in [0, 0.1) is 0 Å². The van der Waals surface area contributed by atoms with E-state index in [9.17, 15) is 0 Å². The zero-order valence-corrected chi connectivity index (χ0v) is 7.31. The molecule has 0 bridgehead atoms. The first-order valence-electron chi connectivity index (χ1n) is 3.91. The summed E-state index contributed by atoms with van der Waals surface area (Å²) < 4.78 is 0. The van der Waals surface area contributed by atoms with Crippen LogP contribution in [-0.2, 0) is 0 Å². The minimum Gasteiger partial charge on any atom is -0.351 e. The molecule has 3 nitrogen and oxygen atoms in total. The fourth-order valence-electron chi connectivity index (χ4n) is 0.743. The first-order valence-corrected chi connectivity index (χ1v) is 3.91. The normalized spacial score (nSPS) is 11.5. The molecule has 0 atom stereocenters. The van der Waals surface area contributed by atoms with Gasteiger partial charge < -0.3 is 10.3 Å². The highest BCUT2D eigenvalue weighted by Crippen LogP contribution is 2.13. The Balaban J connectivity index is 2.56. The highest BCUT2D eigenvalue weighted by Gasteiger charge is 2.14. The first-order chi connectivity index (χ1) is 5.14. The molecule has 0 fully saturated rings. The van der Waals surface area contributed by atoms with Crippen LogP contribution >= 0.6 is 0 Å². The highest BCUT2D eigenvalue weighted by atomic mass is 15.1. The molecule has 3 heteroatoms. The van der Waals surface area contributed by atoms with Crippen LogP contribution in [-0.4, -0.2) is 15.5 Å². The number of H-pyrrole nitrogens is 1.